The van der Waals surface area contributed by atoms with Crippen molar-refractivity contribution < 1.29 is 22.2 Å². The summed E-state index contributed by atoms with van der Waals surface area (Å²) < 4.78 is 35.4. The number of hydrogen-bond acceptors (Lipinski definition) is 7. The number of rotatable bonds is 7. The van der Waals surface area contributed by atoms with Crippen molar-refractivity contribution in [2.24, 2.45) is 0 Å². The third-order valence-corrected chi connectivity index (χ3v) is 3.86. The summed E-state index contributed by atoms with van der Waals surface area (Å²) in [7, 11) is -3.45. The van der Waals surface area contributed by atoms with Crippen molar-refractivity contribution in [3.05, 3.63) is 48.6 Å². The number of benzene rings is 1. The zero-order chi connectivity index (χ0) is 18.6. The smallest absolute Gasteiger partial charge is 0.238 e. The Kier molecular flexibility index (Phi) is 5.03. The first-order valence-electron chi connectivity index (χ1n) is 7.64. The van der Waals surface area contributed by atoms with Crippen molar-refractivity contribution in [1.29, 1.82) is 0 Å². The molecule has 0 spiro atoms. The summed E-state index contributed by atoms with van der Waals surface area (Å²) in [5.74, 6) is 0.776. The monoisotopic (exact) mass is 376 g/mol. The van der Waals surface area contributed by atoms with E-state index in [4.69, 9.17) is 8.94 Å². The van der Waals surface area contributed by atoms with Gasteiger partial charge >= 0.3 is 0 Å². The Morgan fingerprint density at radius 1 is 1.15 bits per heavy atom. The zero-order valence-corrected chi connectivity index (χ0v) is 14.6. The number of carbonyl (C=O) groups excluding carboxylic acids is 1. The van der Waals surface area contributed by atoms with Crippen molar-refractivity contribution in [2.45, 2.75) is 12.8 Å². The molecule has 9 nitrogen and oxygen atoms in total. The number of amides is 1. The predicted octanol–water partition coefficient (Wildman–Crippen LogP) is 2.27. The molecule has 0 unspecified atom stereocenters. The Morgan fingerprint density at radius 2 is 1.92 bits per heavy atom. The van der Waals surface area contributed by atoms with Gasteiger partial charge in [-0.3, -0.25) is 9.52 Å². The summed E-state index contributed by atoms with van der Waals surface area (Å²) in [6.07, 6.45) is 2.87. The van der Waals surface area contributed by atoms with Gasteiger partial charge in [0.15, 0.2) is 5.76 Å². The highest BCUT2D eigenvalue weighted by atomic mass is 32.2. The maximum Gasteiger partial charge on any atom is 0.238 e. The van der Waals surface area contributed by atoms with Crippen LogP contribution in [0.25, 0.3) is 11.6 Å². The molecule has 2 heterocycles. The molecular formula is C16H16N4O5S. The lowest BCUT2D eigenvalue weighted by Gasteiger charge is -2.11. The predicted molar refractivity (Wildman–Crippen MR) is 93.9 cm³/mol. The standard InChI is InChI=1S/C16H16N4O5S/c1-26(22,23)20-12-6-3-2-5-11(12)17-14(21)8-9-15-18-16(19-25-15)13-7-4-10-24-13/h2-7,10,20H,8-9H2,1H3,(H,17,21). The maximum atomic E-state index is 12.1. The van der Waals surface area contributed by atoms with Gasteiger partial charge in [0.05, 0.1) is 23.9 Å². The zero-order valence-electron chi connectivity index (χ0n) is 13.8. The van der Waals surface area contributed by atoms with Gasteiger partial charge in [-0.25, -0.2) is 8.42 Å². The Balaban J connectivity index is 1.60. The Labute approximate surface area is 149 Å². The normalized spacial score (nSPS) is 11.3. The highest BCUT2D eigenvalue weighted by Gasteiger charge is 2.14. The lowest BCUT2D eigenvalue weighted by Crippen LogP contribution is -2.16. The molecule has 10 heteroatoms. The van der Waals surface area contributed by atoms with E-state index in [1.165, 1.54) is 6.26 Å². The van der Waals surface area contributed by atoms with E-state index in [0.29, 0.717) is 28.9 Å². The van der Waals surface area contributed by atoms with Crippen LogP contribution in [0.3, 0.4) is 0 Å². The largest absolute Gasteiger partial charge is 0.461 e. The topological polar surface area (TPSA) is 127 Å². The molecule has 0 aliphatic rings. The van der Waals surface area contributed by atoms with Crippen LogP contribution in [-0.4, -0.2) is 30.7 Å². The second-order valence-electron chi connectivity index (χ2n) is 5.46. The SMILES string of the molecule is CS(=O)(=O)Nc1ccccc1NC(=O)CCc1nc(-c2ccco2)no1. The minimum atomic E-state index is -3.45. The summed E-state index contributed by atoms with van der Waals surface area (Å²) in [4.78, 5) is 16.3. The summed E-state index contributed by atoms with van der Waals surface area (Å²) in [6, 6.07) is 9.93. The molecule has 136 valence electrons. The van der Waals surface area contributed by atoms with Crippen LogP contribution in [0.15, 0.2) is 51.6 Å². The fourth-order valence-corrected chi connectivity index (χ4v) is 2.75. The molecule has 2 N–H and O–H groups in total. The Morgan fingerprint density at radius 3 is 2.62 bits per heavy atom. The molecule has 3 aromatic rings. The lowest BCUT2D eigenvalue weighted by molar-refractivity contribution is -0.116. The van der Waals surface area contributed by atoms with Gasteiger partial charge in [0.2, 0.25) is 27.6 Å². The number of nitrogens with one attached hydrogen (secondary N) is 2. The van der Waals surface area contributed by atoms with Gasteiger partial charge in [0.1, 0.15) is 0 Å². The summed E-state index contributed by atoms with van der Waals surface area (Å²) >= 11 is 0. The van der Waals surface area contributed by atoms with Crippen LogP contribution >= 0.6 is 0 Å². The number of aromatic nitrogens is 2. The van der Waals surface area contributed by atoms with Crippen LogP contribution in [0.5, 0.6) is 0 Å². The van der Waals surface area contributed by atoms with Crippen molar-refractivity contribution in [2.75, 3.05) is 16.3 Å². The average Bonchev–Trinajstić information content (AvgIpc) is 3.24. The van der Waals surface area contributed by atoms with E-state index >= 15 is 0 Å². The number of carbonyl (C=O) groups is 1. The fourth-order valence-electron chi connectivity index (χ4n) is 2.18. The molecule has 0 bridgehead atoms. The van der Waals surface area contributed by atoms with Crippen LogP contribution in [-0.2, 0) is 21.2 Å². The molecule has 3 rings (SSSR count). The van der Waals surface area contributed by atoms with Crippen LogP contribution in [0.2, 0.25) is 0 Å². The van der Waals surface area contributed by atoms with Gasteiger partial charge < -0.3 is 14.3 Å². The van der Waals surface area contributed by atoms with Gasteiger partial charge in [-0.1, -0.05) is 17.3 Å². The third kappa shape index (κ3) is 4.70. The quantitative estimate of drug-likeness (QED) is 0.647. The second kappa shape index (κ2) is 7.40. The maximum absolute atomic E-state index is 12.1. The first-order chi connectivity index (χ1) is 12.4. The van der Waals surface area contributed by atoms with Crippen LogP contribution in [0.1, 0.15) is 12.3 Å². The van der Waals surface area contributed by atoms with Gasteiger partial charge in [0.25, 0.3) is 0 Å². The summed E-state index contributed by atoms with van der Waals surface area (Å²) in [5, 5.41) is 6.45. The van der Waals surface area contributed by atoms with E-state index < -0.39 is 10.0 Å². The molecule has 2 aromatic heterocycles. The number of sulfonamides is 1. The van der Waals surface area contributed by atoms with E-state index in [0.717, 1.165) is 6.26 Å². The second-order valence-corrected chi connectivity index (χ2v) is 7.21. The van der Waals surface area contributed by atoms with E-state index in [-0.39, 0.29) is 18.7 Å². The molecule has 1 amide bonds. The number of aryl methyl sites for hydroxylation is 1. The number of hydrogen-bond donors (Lipinski definition) is 2. The molecule has 0 aliphatic heterocycles. The van der Waals surface area contributed by atoms with Crippen molar-refractivity contribution >= 4 is 27.3 Å². The molecule has 0 aliphatic carbocycles. The molecule has 0 saturated heterocycles. The number of para-hydroxylation sites is 2. The molecule has 0 atom stereocenters. The minimum Gasteiger partial charge on any atom is -0.461 e. The van der Waals surface area contributed by atoms with Crippen LogP contribution in [0, 0.1) is 0 Å². The highest BCUT2D eigenvalue weighted by Crippen LogP contribution is 2.22. The third-order valence-electron chi connectivity index (χ3n) is 3.27. The van der Waals surface area contributed by atoms with E-state index in [1.807, 2.05) is 0 Å². The molecular weight excluding hydrogens is 360 g/mol. The van der Waals surface area contributed by atoms with Gasteiger partial charge in [0, 0.05) is 12.8 Å². The molecule has 1 aromatic carbocycles. The number of furan rings is 1. The van der Waals surface area contributed by atoms with Gasteiger partial charge in [-0.2, -0.15) is 4.98 Å². The summed E-state index contributed by atoms with van der Waals surface area (Å²) in [6.45, 7) is 0. The average molecular weight is 376 g/mol. The van der Waals surface area contributed by atoms with Crippen molar-refractivity contribution in [3.8, 4) is 11.6 Å². The van der Waals surface area contributed by atoms with Gasteiger partial charge in [-0.15, -0.1) is 0 Å². The lowest BCUT2D eigenvalue weighted by atomic mass is 10.2. The molecule has 0 radical (unpaired) electrons. The fraction of sp³-hybridized carbons (Fsp3) is 0.188. The number of anilines is 2. The van der Waals surface area contributed by atoms with E-state index in [9.17, 15) is 13.2 Å². The van der Waals surface area contributed by atoms with Crippen molar-refractivity contribution in [3.63, 3.8) is 0 Å². The molecule has 0 saturated carbocycles. The van der Waals surface area contributed by atoms with E-state index in [1.54, 1.807) is 36.4 Å². The summed E-state index contributed by atoms with van der Waals surface area (Å²) in [5.41, 5.74) is 0.658. The van der Waals surface area contributed by atoms with Crippen LogP contribution < -0.4 is 10.0 Å². The Bertz CT molecular complexity index is 995. The molecule has 26 heavy (non-hydrogen) atoms. The van der Waals surface area contributed by atoms with Crippen LogP contribution in [0.4, 0.5) is 11.4 Å². The van der Waals surface area contributed by atoms with Crippen molar-refractivity contribution in [1.82, 2.24) is 10.1 Å². The Hall–Kier alpha value is -3.14. The first-order valence-corrected chi connectivity index (χ1v) is 9.53. The highest BCUT2D eigenvalue weighted by molar-refractivity contribution is 7.92. The first kappa shape index (κ1) is 17.7. The van der Waals surface area contributed by atoms with Gasteiger partial charge in [-0.05, 0) is 24.3 Å². The van der Waals surface area contributed by atoms with E-state index in [2.05, 4.69) is 20.2 Å². The number of nitrogens with zero attached hydrogens (tertiary/aromatic N) is 2. The molecule has 0 fully saturated rings. The minimum absolute atomic E-state index is 0.0903.